The first-order chi connectivity index (χ1) is 27.1. The van der Waals surface area contributed by atoms with E-state index >= 15 is 0 Å². The van der Waals surface area contributed by atoms with Crippen LogP contribution in [0.1, 0.15) is 23.6 Å². The minimum Gasteiger partial charge on any atom is -0.455 e. The van der Waals surface area contributed by atoms with Crippen LogP contribution in [-0.2, 0) is 0 Å². The van der Waals surface area contributed by atoms with Gasteiger partial charge in [-0.05, 0) is 103 Å². The number of hydrogen-bond donors (Lipinski definition) is 0. The van der Waals surface area contributed by atoms with Crippen LogP contribution in [0.4, 0.5) is 17.1 Å². The Hall–Kier alpha value is -7.10. The van der Waals surface area contributed by atoms with Crippen LogP contribution in [0.3, 0.4) is 0 Å². The number of aryl methyl sites for hydroxylation is 1. The van der Waals surface area contributed by atoms with Crippen LogP contribution in [0.15, 0.2) is 193 Å². The maximum atomic E-state index is 6.84. The van der Waals surface area contributed by atoms with Crippen molar-refractivity contribution in [2.24, 2.45) is 0 Å². The molecule has 0 amide bonds. The Morgan fingerprint density at radius 3 is 1.96 bits per heavy atom. The third kappa shape index (κ3) is 5.97. The SMILES string of the molecule is C=C/C(=C\C=C\c1ccccc1)n1c2ccc(/C=C\C)c(C)c2c2c3oc4ccccc4c3cc(-c3ccc(N(c4ccccc4)c4ccccc4)cc3)c21. The van der Waals surface area contributed by atoms with Crippen molar-refractivity contribution in [2.45, 2.75) is 13.8 Å². The van der Waals surface area contributed by atoms with Gasteiger partial charge in [-0.3, -0.25) is 0 Å². The van der Waals surface area contributed by atoms with Crippen LogP contribution in [0.2, 0.25) is 0 Å². The normalized spacial score (nSPS) is 12.2. The number of para-hydroxylation sites is 3. The Morgan fingerprint density at radius 2 is 1.29 bits per heavy atom. The molecule has 9 aromatic rings. The maximum absolute atomic E-state index is 6.84. The van der Waals surface area contributed by atoms with Crippen LogP contribution in [0.5, 0.6) is 0 Å². The molecule has 7 aromatic carbocycles. The topological polar surface area (TPSA) is 21.3 Å². The summed E-state index contributed by atoms with van der Waals surface area (Å²) in [4.78, 5) is 2.30. The number of allylic oxidation sites excluding steroid dienone is 5. The van der Waals surface area contributed by atoms with Crippen molar-refractivity contribution in [2.75, 3.05) is 4.90 Å². The molecule has 0 saturated carbocycles. The van der Waals surface area contributed by atoms with E-state index in [4.69, 9.17) is 4.42 Å². The van der Waals surface area contributed by atoms with Gasteiger partial charge in [0.1, 0.15) is 11.2 Å². The van der Waals surface area contributed by atoms with Crippen molar-refractivity contribution in [1.82, 2.24) is 4.57 Å². The highest BCUT2D eigenvalue weighted by molar-refractivity contribution is 6.28. The van der Waals surface area contributed by atoms with Crippen molar-refractivity contribution >= 4 is 78.7 Å². The van der Waals surface area contributed by atoms with Crippen molar-refractivity contribution < 1.29 is 4.42 Å². The zero-order chi connectivity index (χ0) is 37.3. The van der Waals surface area contributed by atoms with Gasteiger partial charge in [-0.1, -0.05) is 134 Å². The Kier molecular flexibility index (Phi) is 8.81. The number of furan rings is 1. The first-order valence-corrected chi connectivity index (χ1v) is 18.8. The zero-order valence-corrected chi connectivity index (χ0v) is 31.0. The molecule has 0 atom stereocenters. The molecule has 0 aliphatic rings. The van der Waals surface area contributed by atoms with Crippen LogP contribution >= 0.6 is 0 Å². The first kappa shape index (κ1) is 33.7. The number of rotatable bonds is 9. The average Bonchev–Trinajstić information content (AvgIpc) is 3.78. The monoisotopic (exact) mass is 708 g/mol. The summed E-state index contributed by atoms with van der Waals surface area (Å²) >= 11 is 0. The van der Waals surface area contributed by atoms with Crippen molar-refractivity contribution in [3.05, 3.63) is 205 Å². The van der Waals surface area contributed by atoms with Gasteiger partial charge in [0, 0.05) is 44.5 Å². The predicted molar refractivity (Wildman–Crippen MR) is 236 cm³/mol. The average molecular weight is 709 g/mol. The lowest BCUT2D eigenvalue weighted by molar-refractivity contribution is 0.673. The summed E-state index contributed by atoms with van der Waals surface area (Å²) in [6.07, 6.45) is 12.7. The van der Waals surface area contributed by atoms with Gasteiger partial charge >= 0.3 is 0 Å². The number of aromatic nitrogens is 1. The molecular formula is C52H40N2O. The van der Waals surface area contributed by atoms with E-state index in [2.05, 4.69) is 206 Å². The van der Waals surface area contributed by atoms with E-state index in [1.165, 1.54) is 16.5 Å². The Labute approximate surface area is 321 Å². The fraction of sp³-hybridized carbons (Fsp3) is 0.0385. The lowest BCUT2D eigenvalue weighted by Gasteiger charge is -2.25. The summed E-state index contributed by atoms with van der Waals surface area (Å²) in [6.45, 7) is 8.65. The van der Waals surface area contributed by atoms with Gasteiger partial charge in [0.25, 0.3) is 0 Å². The molecule has 0 aliphatic carbocycles. The van der Waals surface area contributed by atoms with Crippen molar-refractivity contribution in [3.8, 4) is 11.1 Å². The van der Waals surface area contributed by atoms with Gasteiger partial charge in [-0.2, -0.15) is 0 Å². The number of benzene rings is 7. The number of hydrogen-bond acceptors (Lipinski definition) is 2. The largest absolute Gasteiger partial charge is 0.455 e. The molecule has 0 unspecified atom stereocenters. The molecule has 2 aromatic heterocycles. The van der Waals surface area contributed by atoms with E-state index < -0.39 is 0 Å². The van der Waals surface area contributed by atoms with Gasteiger partial charge < -0.3 is 13.9 Å². The molecule has 0 spiro atoms. The number of nitrogens with zero attached hydrogens (tertiary/aromatic N) is 2. The zero-order valence-electron chi connectivity index (χ0n) is 31.0. The standard InChI is InChI=1S/C52H40N2O/c1-4-18-38-31-34-47-49(36(38)3)50-51(54(47)40(5-2)26-17-21-37-19-9-6-10-20-37)45(35-46-44-27-15-16-28-48(44)55-52(46)50)39-29-32-43(33-30-39)53(41-22-11-7-12-23-41)42-24-13-8-14-25-42/h4-35H,2H2,1,3H3/b18-4-,21-17+,40-26+. The van der Waals surface area contributed by atoms with Crippen molar-refractivity contribution in [1.29, 1.82) is 0 Å². The van der Waals surface area contributed by atoms with Gasteiger partial charge in [0.2, 0.25) is 0 Å². The molecule has 0 bridgehead atoms. The Balaban J connectivity index is 1.35. The molecule has 3 nitrogen and oxygen atoms in total. The van der Waals surface area contributed by atoms with Gasteiger partial charge in [0.05, 0.1) is 16.4 Å². The summed E-state index contributed by atoms with van der Waals surface area (Å²) in [5.74, 6) is 0. The third-order valence-electron chi connectivity index (χ3n) is 10.5. The number of fused-ring (bicyclic) bond motifs is 7. The van der Waals surface area contributed by atoms with E-state index in [1.54, 1.807) is 0 Å². The minimum absolute atomic E-state index is 0.876. The fourth-order valence-corrected chi connectivity index (χ4v) is 7.94. The highest BCUT2D eigenvalue weighted by Crippen LogP contribution is 2.47. The molecule has 0 aliphatic heterocycles. The second kappa shape index (κ2) is 14.4. The molecule has 2 heterocycles. The lowest BCUT2D eigenvalue weighted by atomic mass is 9.96. The molecule has 0 radical (unpaired) electrons. The van der Waals surface area contributed by atoms with Crippen LogP contribution in [0.25, 0.3) is 72.7 Å². The first-order valence-electron chi connectivity index (χ1n) is 18.8. The summed E-state index contributed by atoms with van der Waals surface area (Å²) in [7, 11) is 0. The smallest absolute Gasteiger partial charge is 0.145 e. The summed E-state index contributed by atoms with van der Waals surface area (Å²) in [5, 5.41) is 4.47. The summed E-state index contributed by atoms with van der Waals surface area (Å²) in [5.41, 5.74) is 14.0. The van der Waals surface area contributed by atoms with E-state index in [0.29, 0.717) is 0 Å². The molecule has 9 rings (SSSR count). The third-order valence-corrected chi connectivity index (χ3v) is 10.5. The van der Waals surface area contributed by atoms with Crippen LogP contribution in [0, 0.1) is 6.92 Å². The predicted octanol–water partition coefficient (Wildman–Crippen LogP) is 14.9. The molecule has 0 N–H and O–H groups in total. The fourth-order valence-electron chi connectivity index (χ4n) is 7.94. The van der Waals surface area contributed by atoms with Crippen molar-refractivity contribution in [3.63, 3.8) is 0 Å². The number of anilines is 3. The van der Waals surface area contributed by atoms with E-state index in [9.17, 15) is 0 Å². The van der Waals surface area contributed by atoms with E-state index in [1.807, 2.05) is 18.2 Å². The van der Waals surface area contributed by atoms with Crippen LogP contribution < -0.4 is 4.90 Å². The molecule has 55 heavy (non-hydrogen) atoms. The highest BCUT2D eigenvalue weighted by atomic mass is 16.3. The summed E-state index contributed by atoms with van der Waals surface area (Å²) in [6, 6.07) is 55.6. The van der Waals surface area contributed by atoms with Gasteiger partial charge in [-0.15, -0.1) is 0 Å². The minimum atomic E-state index is 0.876. The molecular weight excluding hydrogens is 669 g/mol. The molecule has 3 heteroatoms. The van der Waals surface area contributed by atoms with Gasteiger partial charge in [0.15, 0.2) is 0 Å². The molecule has 0 saturated heterocycles. The van der Waals surface area contributed by atoms with E-state index in [0.717, 1.165) is 77.8 Å². The Morgan fingerprint density at radius 1 is 0.655 bits per heavy atom. The van der Waals surface area contributed by atoms with Crippen LogP contribution in [-0.4, -0.2) is 4.57 Å². The molecule has 0 fully saturated rings. The summed E-state index contributed by atoms with van der Waals surface area (Å²) < 4.78 is 9.21. The maximum Gasteiger partial charge on any atom is 0.145 e. The quantitative estimate of drug-likeness (QED) is 0.139. The lowest BCUT2D eigenvalue weighted by Crippen LogP contribution is -2.09. The highest BCUT2D eigenvalue weighted by Gasteiger charge is 2.25. The Bertz CT molecular complexity index is 2890. The second-order valence-electron chi connectivity index (χ2n) is 13.8. The second-order valence-corrected chi connectivity index (χ2v) is 13.8. The van der Waals surface area contributed by atoms with Gasteiger partial charge in [-0.25, -0.2) is 0 Å². The molecule has 264 valence electrons. The van der Waals surface area contributed by atoms with E-state index in [-0.39, 0.29) is 0 Å².